The second kappa shape index (κ2) is 8.97. The summed E-state index contributed by atoms with van der Waals surface area (Å²) in [6.45, 7) is 0. The Kier molecular flexibility index (Phi) is 5.97. The summed E-state index contributed by atoms with van der Waals surface area (Å²) in [4.78, 5) is 0. The number of hydrogen-bond donors (Lipinski definition) is 1. The quantitative estimate of drug-likeness (QED) is 0.435. The molecule has 28 heavy (non-hydrogen) atoms. The molecule has 0 bridgehead atoms. The minimum absolute atomic E-state index is 0.0878. The molecule has 2 N–H and O–H groups in total. The minimum Gasteiger partial charge on any atom is -0.323 e. The van der Waals surface area contributed by atoms with Gasteiger partial charge in [0.1, 0.15) is 0 Å². The van der Waals surface area contributed by atoms with Crippen LogP contribution in [0.5, 0.6) is 0 Å². The van der Waals surface area contributed by atoms with Crippen molar-refractivity contribution in [2.75, 3.05) is 0 Å². The van der Waals surface area contributed by atoms with Gasteiger partial charge in [-0.05, 0) is 29.7 Å². The topological polar surface area (TPSA) is 26.0 Å². The molecule has 0 aromatic heterocycles. The maximum atomic E-state index is 6.96. The van der Waals surface area contributed by atoms with Gasteiger partial charge in [0.25, 0.3) is 0 Å². The van der Waals surface area contributed by atoms with E-state index in [1.807, 2.05) is 6.07 Å². The van der Waals surface area contributed by atoms with Crippen molar-refractivity contribution >= 4 is 18.5 Å². The van der Waals surface area contributed by atoms with Gasteiger partial charge in [0.15, 0.2) is 0 Å². The standard InChI is InChI=1S/C26H24NP/c27-25(21-13-5-1-6-14-21)26(22-15-7-2-8-16-22)28(23-17-9-3-10-18-23)24-19-11-4-12-20-24/h1-20,25-26H,27H2/t25-,26?/m0/s1. The number of hydrogen-bond acceptors (Lipinski definition) is 1. The monoisotopic (exact) mass is 381 g/mol. The highest BCUT2D eigenvalue weighted by atomic mass is 31.1. The molecule has 0 saturated heterocycles. The molecule has 0 aliphatic carbocycles. The van der Waals surface area contributed by atoms with E-state index in [-0.39, 0.29) is 11.7 Å². The van der Waals surface area contributed by atoms with Crippen LogP contribution in [-0.4, -0.2) is 0 Å². The third-order valence-corrected chi connectivity index (χ3v) is 7.90. The van der Waals surface area contributed by atoms with Gasteiger partial charge in [-0.2, -0.15) is 0 Å². The van der Waals surface area contributed by atoms with E-state index >= 15 is 0 Å². The van der Waals surface area contributed by atoms with E-state index in [1.165, 1.54) is 21.7 Å². The molecule has 2 heteroatoms. The Balaban J connectivity index is 1.89. The summed E-state index contributed by atoms with van der Waals surface area (Å²) in [5.74, 6) is 0. The van der Waals surface area contributed by atoms with Crippen LogP contribution in [0.1, 0.15) is 22.8 Å². The second-order valence-corrected chi connectivity index (χ2v) is 9.16. The maximum Gasteiger partial charge on any atom is 0.0410 e. The van der Waals surface area contributed by atoms with Gasteiger partial charge >= 0.3 is 0 Å². The van der Waals surface area contributed by atoms with Crippen molar-refractivity contribution < 1.29 is 0 Å². The summed E-state index contributed by atoms with van der Waals surface area (Å²) in [6.07, 6.45) is 0. The van der Waals surface area contributed by atoms with Crippen molar-refractivity contribution in [3.8, 4) is 0 Å². The SMILES string of the molecule is N[C@@H](c1ccccc1)C(c1ccccc1)P(c1ccccc1)c1ccccc1. The Morgan fingerprint density at radius 2 is 0.821 bits per heavy atom. The van der Waals surface area contributed by atoms with Crippen LogP contribution < -0.4 is 16.3 Å². The van der Waals surface area contributed by atoms with Gasteiger partial charge in [0.05, 0.1) is 0 Å². The van der Waals surface area contributed by atoms with E-state index in [4.69, 9.17) is 5.73 Å². The normalized spacial score (nSPS) is 13.2. The second-order valence-electron chi connectivity index (χ2n) is 6.83. The Bertz CT molecular complexity index is 932. The highest BCUT2D eigenvalue weighted by molar-refractivity contribution is 7.73. The zero-order valence-electron chi connectivity index (χ0n) is 15.7. The lowest BCUT2D eigenvalue weighted by Gasteiger charge is -2.34. The first-order valence-corrected chi connectivity index (χ1v) is 11.0. The van der Waals surface area contributed by atoms with Gasteiger partial charge in [0, 0.05) is 11.7 Å². The summed E-state index contributed by atoms with van der Waals surface area (Å²) in [6, 6.07) is 42.8. The van der Waals surface area contributed by atoms with Crippen molar-refractivity contribution in [3.63, 3.8) is 0 Å². The van der Waals surface area contributed by atoms with Gasteiger partial charge < -0.3 is 5.73 Å². The lowest BCUT2D eigenvalue weighted by atomic mass is 9.99. The third-order valence-electron chi connectivity index (χ3n) is 5.01. The zero-order valence-corrected chi connectivity index (χ0v) is 16.6. The molecule has 0 aliphatic rings. The van der Waals surface area contributed by atoms with Crippen LogP contribution in [0.15, 0.2) is 121 Å². The molecule has 0 heterocycles. The van der Waals surface area contributed by atoms with Crippen LogP contribution in [0.4, 0.5) is 0 Å². The van der Waals surface area contributed by atoms with Gasteiger partial charge in [-0.1, -0.05) is 121 Å². The maximum absolute atomic E-state index is 6.96. The summed E-state index contributed by atoms with van der Waals surface area (Å²) in [7, 11) is -0.679. The average Bonchev–Trinajstić information content (AvgIpc) is 2.79. The summed E-state index contributed by atoms with van der Waals surface area (Å²) < 4.78 is 0. The van der Waals surface area contributed by atoms with E-state index in [2.05, 4.69) is 115 Å². The number of rotatable bonds is 6. The third kappa shape index (κ3) is 4.07. The molecular formula is C26H24NP. The van der Waals surface area contributed by atoms with Gasteiger partial charge in [-0.25, -0.2) is 0 Å². The van der Waals surface area contributed by atoms with Gasteiger partial charge in [0.2, 0.25) is 0 Å². The molecule has 2 atom stereocenters. The Hall–Kier alpha value is -2.73. The molecule has 4 aromatic carbocycles. The van der Waals surface area contributed by atoms with Crippen molar-refractivity contribution in [1.29, 1.82) is 0 Å². The van der Waals surface area contributed by atoms with E-state index in [0.29, 0.717) is 0 Å². The molecule has 0 fully saturated rings. The highest BCUT2D eigenvalue weighted by Crippen LogP contribution is 2.54. The molecule has 0 spiro atoms. The summed E-state index contributed by atoms with van der Waals surface area (Å²) in [5, 5.41) is 2.70. The number of benzene rings is 4. The number of nitrogens with two attached hydrogens (primary N) is 1. The van der Waals surface area contributed by atoms with Crippen LogP contribution in [0, 0.1) is 0 Å². The molecule has 0 radical (unpaired) electrons. The first-order valence-electron chi connectivity index (χ1n) is 9.59. The van der Waals surface area contributed by atoms with E-state index in [0.717, 1.165) is 0 Å². The molecule has 1 unspecified atom stereocenters. The largest absolute Gasteiger partial charge is 0.323 e. The fourth-order valence-corrected chi connectivity index (χ4v) is 6.56. The first kappa shape index (κ1) is 18.6. The van der Waals surface area contributed by atoms with Crippen LogP contribution in [0.2, 0.25) is 0 Å². The molecule has 138 valence electrons. The lowest BCUT2D eigenvalue weighted by Crippen LogP contribution is -2.26. The highest BCUT2D eigenvalue weighted by Gasteiger charge is 2.31. The molecule has 0 aliphatic heterocycles. The Labute approximate surface area is 168 Å². The fourth-order valence-electron chi connectivity index (χ4n) is 3.67. The summed E-state index contributed by atoms with van der Waals surface area (Å²) in [5.41, 5.74) is 9.61. The molecule has 0 amide bonds. The van der Waals surface area contributed by atoms with E-state index in [9.17, 15) is 0 Å². The smallest absolute Gasteiger partial charge is 0.0410 e. The van der Waals surface area contributed by atoms with Crippen LogP contribution in [-0.2, 0) is 0 Å². The Morgan fingerprint density at radius 1 is 0.464 bits per heavy atom. The van der Waals surface area contributed by atoms with Crippen LogP contribution in [0.3, 0.4) is 0 Å². The van der Waals surface area contributed by atoms with E-state index in [1.54, 1.807) is 0 Å². The van der Waals surface area contributed by atoms with Crippen LogP contribution in [0.25, 0.3) is 0 Å². The van der Waals surface area contributed by atoms with Crippen molar-refractivity contribution in [2.24, 2.45) is 5.73 Å². The van der Waals surface area contributed by atoms with Gasteiger partial charge in [-0.3, -0.25) is 0 Å². The predicted molar refractivity (Wildman–Crippen MR) is 122 cm³/mol. The summed E-state index contributed by atoms with van der Waals surface area (Å²) >= 11 is 0. The first-order chi connectivity index (χ1) is 13.8. The molecule has 4 rings (SSSR count). The van der Waals surface area contributed by atoms with Crippen molar-refractivity contribution in [1.82, 2.24) is 0 Å². The van der Waals surface area contributed by atoms with Gasteiger partial charge in [-0.15, -0.1) is 0 Å². The van der Waals surface area contributed by atoms with Crippen LogP contribution >= 0.6 is 7.92 Å². The minimum atomic E-state index is -0.679. The Morgan fingerprint density at radius 3 is 1.25 bits per heavy atom. The molecule has 0 saturated carbocycles. The molecular weight excluding hydrogens is 357 g/mol. The van der Waals surface area contributed by atoms with Crippen molar-refractivity contribution in [2.45, 2.75) is 11.7 Å². The predicted octanol–water partition coefficient (Wildman–Crippen LogP) is 5.56. The van der Waals surface area contributed by atoms with Crippen molar-refractivity contribution in [3.05, 3.63) is 132 Å². The lowest BCUT2D eigenvalue weighted by molar-refractivity contribution is 0.700. The molecule has 1 nitrogen and oxygen atoms in total. The zero-order chi connectivity index (χ0) is 19.2. The fraction of sp³-hybridized carbons (Fsp3) is 0.0769. The van der Waals surface area contributed by atoms with E-state index < -0.39 is 7.92 Å². The molecule has 4 aromatic rings. The average molecular weight is 381 g/mol.